The van der Waals surface area contributed by atoms with Crippen LogP contribution in [-0.4, -0.2) is 17.6 Å². The van der Waals surface area contributed by atoms with Crippen molar-refractivity contribution in [2.75, 3.05) is 11.4 Å². The van der Waals surface area contributed by atoms with Crippen LogP contribution in [0.1, 0.15) is 31.2 Å². The topological polar surface area (TPSA) is 41.3 Å². The summed E-state index contributed by atoms with van der Waals surface area (Å²) in [6.07, 6.45) is 6.23. The van der Waals surface area contributed by atoms with Gasteiger partial charge in [0.15, 0.2) is 0 Å². The molecule has 2 aromatic heterocycles. The van der Waals surface area contributed by atoms with Crippen molar-refractivity contribution in [2.24, 2.45) is 0 Å². The largest absolute Gasteiger partial charge is 0.467 e. The molecule has 0 radical (unpaired) electrons. The zero-order valence-corrected chi connectivity index (χ0v) is 11.9. The Labute approximate surface area is 119 Å². The van der Waals surface area contributed by atoms with Crippen molar-refractivity contribution in [1.29, 1.82) is 0 Å². The molecule has 1 aliphatic carbocycles. The van der Waals surface area contributed by atoms with Crippen LogP contribution in [0.3, 0.4) is 0 Å². The molecule has 0 aliphatic heterocycles. The van der Waals surface area contributed by atoms with E-state index in [0.29, 0.717) is 6.04 Å². The van der Waals surface area contributed by atoms with Crippen molar-refractivity contribution in [1.82, 2.24) is 10.3 Å². The van der Waals surface area contributed by atoms with Crippen LogP contribution in [0, 0.1) is 0 Å². The Morgan fingerprint density at radius 3 is 3.00 bits per heavy atom. The van der Waals surface area contributed by atoms with Gasteiger partial charge in [-0.25, -0.2) is 0 Å². The molecular weight excluding hydrogens is 250 g/mol. The van der Waals surface area contributed by atoms with Gasteiger partial charge in [-0.3, -0.25) is 4.98 Å². The first-order valence-corrected chi connectivity index (χ1v) is 7.31. The van der Waals surface area contributed by atoms with Gasteiger partial charge in [0.05, 0.1) is 18.5 Å². The lowest BCUT2D eigenvalue weighted by atomic mass is 10.2. The molecule has 3 rings (SSSR count). The van der Waals surface area contributed by atoms with E-state index in [1.807, 2.05) is 18.3 Å². The van der Waals surface area contributed by atoms with Gasteiger partial charge in [0.1, 0.15) is 5.76 Å². The summed E-state index contributed by atoms with van der Waals surface area (Å²) in [7, 11) is 0. The first-order valence-electron chi connectivity index (χ1n) is 7.31. The smallest absolute Gasteiger partial charge is 0.123 e. The van der Waals surface area contributed by atoms with Gasteiger partial charge in [0.2, 0.25) is 0 Å². The Morgan fingerprint density at radius 2 is 2.30 bits per heavy atom. The summed E-state index contributed by atoms with van der Waals surface area (Å²) in [6, 6.07) is 8.89. The van der Waals surface area contributed by atoms with Gasteiger partial charge in [-0.2, -0.15) is 0 Å². The minimum Gasteiger partial charge on any atom is -0.467 e. The van der Waals surface area contributed by atoms with E-state index in [0.717, 1.165) is 31.1 Å². The maximum Gasteiger partial charge on any atom is 0.123 e. The third-order valence-corrected chi connectivity index (χ3v) is 3.62. The number of hydrogen-bond acceptors (Lipinski definition) is 4. The average molecular weight is 271 g/mol. The number of aromatic nitrogens is 1. The molecule has 4 heteroatoms. The number of hydrogen-bond donors (Lipinski definition) is 1. The molecule has 0 amide bonds. The van der Waals surface area contributed by atoms with E-state index in [4.69, 9.17) is 4.42 Å². The molecule has 1 saturated carbocycles. The van der Waals surface area contributed by atoms with Crippen LogP contribution >= 0.6 is 0 Å². The molecular formula is C16H21N3O. The summed E-state index contributed by atoms with van der Waals surface area (Å²) >= 11 is 0. The van der Waals surface area contributed by atoms with Gasteiger partial charge >= 0.3 is 0 Å². The molecule has 0 aromatic carbocycles. The van der Waals surface area contributed by atoms with Crippen LogP contribution in [0.25, 0.3) is 0 Å². The Kier molecular flexibility index (Phi) is 4.02. The minimum atomic E-state index is 0.714. The summed E-state index contributed by atoms with van der Waals surface area (Å²) in [5.74, 6) is 0.987. The fraction of sp³-hybridized carbons (Fsp3) is 0.438. The quantitative estimate of drug-likeness (QED) is 0.840. The normalized spacial score (nSPS) is 14.4. The summed E-state index contributed by atoms with van der Waals surface area (Å²) in [4.78, 5) is 6.73. The van der Waals surface area contributed by atoms with Gasteiger partial charge < -0.3 is 14.6 Å². The molecule has 0 unspecified atom stereocenters. The van der Waals surface area contributed by atoms with Gasteiger partial charge in [-0.1, -0.05) is 0 Å². The number of anilines is 1. The van der Waals surface area contributed by atoms with E-state index in [-0.39, 0.29) is 0 Å². The van der Waals surface area contributed by atoms with Gasteiger partial charge in [0.25, 0.3) is 0 Å². The van der Waals surface area contributed by atoms with Gasteiger partial charge in [-0.05, 0) is 44.0 Å². The molecule has 4 nitrogen and oxygen atoms in total. The molecule has 0 saturated heterocycles. The molecule has 1 aliphatic rings. The Bertz CT molecular complexity index is 534. The van der Waals surface area contributed by atoms with Crippen molar-refractivity contribution in [3.63, 3.8) is 0 Å². The van der Waals surface area contributed by atoms with E-state index in [2.05, 4.69) is 34.3 Å². The van der Waals surface area contributed by atoms with Crippen molar-refractivity contribution in [3.05, 3.63) is 48.2 Å². The molecule has 1 fully saturated rings. The maximum absolute atomic E-state index is 5.44. The molecule has 2 heterocycles. The molecule has 0 atom stereocenters. The fourth-order valence-electron chi connectivity index (χ4n) is 2.27. The van der Waals surface area contributed by atoms with E-state index < -0.39 is 0 Å². The number of pyridine rings is 1. The van der Waals surface area contributed by atoms with E-state index in [1.165, 1.54) is 18.5 Å². The molecule has 106 valence electrons. The van der Waals surface area contributed by atoms with Crippen molar-refractivity contribution >= 4 is 5.69 Å². The SMILES string of the molecule is CCN(Cc1ccco1)c1ccnc(CNC2CC2)c1. The van der Waals surface area contributed by atoms with Crippen LogP contribution in [-0.2, 0) is 13.1 Å². The van der Waals surface area contributed by atoms with E-state index in [1.54, 1.807) is 6.26 Å². The zero-order valence-electron chi connectivity index (χ0n) is 11.9. The maximum atomic E-state index is 5.44. The highest BCUT2D eigenvalue weighted by Gasteiger charge is 2.20. The lowest BCUT2D eigenvalue weighted by Gasteiger charge is -2.22. The highest BCUT2D eigenvalue weighted by molar-refractivity contribution is 5.46. The fourth-order valence-corrected chi connectivity index (χ4v) is 2.27. The molecule has 1 N–H and O–H groups in total. The first kappa shape index (κ1) is 13.2. The van der Waals surface area contributed by atoms with Crippen molar-refractivity contribution < 1.29 is 4.42 Å². The third-order valence-electron chi connectivity index (χ3n) is 3.62. The predicted octanol–water partition coefficient (Wildman–Crippen LogP) is 2.95. The predicted molar refractivity (Wildman–Crippen MR) is 79.5 cm³/mol. The van der Waals surface area contributed by atoms with E-state index >= 15 is 0 Å². The highest BCUT2D eigenvalue weighted by atomic mass is 16.3. The summed E-state index contributed by atoms with van der Waals surface area (Å²) in [5, 5.41) is 3.50. The van der Waals surface area contributed by atoms with Crippen molar-refractivity contribution in [3.8, 4) is 0 Å². The summed E-state index contributed by atoms with van der Waals surface area (Å²) in [5.41, 5.74) is 2.30. The Balaban J connectivity index is 1.67. The van der Waals surface area contributed by atoms with Crippen LogP contribution in [0.4, 0.5) is 5.69 Å². The van der Waals surface area contributed by atoms with Gasteiger partial charge in [0, 0.05) is 31.0 Å². The van der Waals surface area contributed by atoms with Crippen LogP contribution < -0.4 is 10.2 Å². The average Bonchev–Trinajstić information content (AvgIpc) is 3.18. The minimum absolute atomic E-state index is 0.714. The van der Waals surface area contributed by atoms with Crippen LogP contribution in [0.2, 0.25) is 0 Å². The second kappa shape index (κ2) is 6.09. The number of rotatable bonds is 7. The second-order valence-electron chi connectivity index (χ2n) is 5.25. The third kappa shape index (κ3) is 3.39. The highest BCUT2D eigenvalue weighted by Crippen LogP contribution is 2.21. The molecule has 0 spiro atoms. The Hall–Kier alpha value is -1.81. The van der Waals surface area contributed by atoms with Crippen LogP contribution in [0.5, 0.6) is 0 Å². The number of nitrogens with zero attached hydrogens (tertiary/aromatic N) is 2. The lowest BCUT2D eigenvalue weighted by molar-refractivity contribution is 0.503. The number of furan rings is 1. The summed E-state index contributed by atoms with van der Waals surface area (Å²) < 4.78 is 5.44. The standard InChI is InChI=1S/C16H21N3O/c1-2-19(12-16-4-3-9-20-16)15-7-8-17-14(10-15)11-18-13-5-6-13/h3-4,7-10,13,18H,2,5-6,11-12H2,1H3. The van der Waals surface area contributed by atoms with E-state index in [9.17, 15) is 0 Å². The van der Waals surface area contributed by atoms with Crippen LogP contribution in [0.15, 0.2) is 41.1 Å². The van der Waals surface area contributed by atoms with Crippen molar-refractivity contribution in [2.45, 2.75) is 38.9 Å². The molecule has 2 aromatic rings. The number of nitrogens with one attached hydrogen (secondary N) is 1. The lowest BCUT2D eigenvalue weighted by Crippen LogP contribution is -2.22. The Morgan fingerprint density at radius 1 is 1.40 bits per heavy atom. The summed E-state index contributed by atoms with van der Waals surface area (Å²) in [6.45, 7) is 4.76. The first-order chi connectivity index (χ1) is 9.85. The monoisotopic (exact) mass is 271 g/mol. The van der Waals surface area contributed by atoms with Gasteiger partial charge in [-0.15, -0.1) is 0 Å². The molecule has 20 heavy (non-hydrogen) atoms. The molecule has 0 bridgehead atoms. The zero-order chi connectivity index (χ0) is 13.8. The second-order valence-corrected chi connectivity index (χ2v) is 5.25.